The number of phenolic OH excluding ortho intramolecular Hbond substituents is 1. The number of carbonyl (C=O) groups is 2. The van der Waals surface area contributed by atoms with Crippen LogP contribution in [0.5, 0.6) is 5.75 Å². The van der Waals surface area contributed by atoms with Crippen LogP contribution in [0.25, 0.3) is 0 Å². The number of unbranched alkanes of at least 4 members (excludes halogenated alkanes) is 10. The third-order valence-electron chi connectivity index (χ3n) is 5.02. The maximum atomic E-state index is 12.0. The Morgan fingerprint density at radius 1 is 0.897 bits per heavy atom. The number of hydrogen-bond donors (Lipinski definition) is 3. The van der Waals surface area contributed by atoms with Gasteiger partial charge in [-0.2, -0.15) is 0 Å². The van der Waals surface area contributed by atoms with E-state index >= 15 is 0 Å². The minimum Gasteiger partial charge on any atom is -1.00 e. The van der Waals surface area contributed by atoms with Crippen molar-refractivity contribution in [3.8, 4) is 5.75 Å². The molecule has 0 bridgehead atoms. The molecule has 0 fully saturated rings. The van der Waals surface area contributed by atoms with Crippen molar-refractivity contribution in [2.75, 3.05) is 0 Å². The van der Waals surface area contributed by atoms with Crippen LogP contribution < -0.4 is 56.7 Å². The Morgan fingerprint density at radius 3 is 1.86 bits per heavy atom. The minimum absolute atomic E-state index is 0. The Hall–Kier alpha value is -0.404. The normalized spacial score (nSPS) is 11.5. The molecule has 160 valence electrons. The molecule has 0 radical (unpaired) electrons. The number of carboxylic acid groups (broad SMARTS) is 1. The summed E-state index contributed by atoms with van der Waals surface area (Å²) in [6.45, 7) is 2.23. The first kappa shape index (κ1) is 28.6. The van der Waals surface area contributed by atoms with Gasteiger partial charge in [-0.1, -0.05) is 83.3 Å². The van der Waals surface area contributed by atoms with Gasteiger partial charge in [0, 0.05) is 12.8 Å². The van der Waals surface area contributed by atoms with Gasteiger partial charge >= 0.3 is 57.4 Å². The molecule has 0 unspecified atom stereocenters. The molecular formula is C23H38KNO4. The van der Waals surface area contributed by atoms with E-state index in [0.717, 1.165) is 24.8 Å². The molecule has 6 heteroatoms. The SMILES string of the molecule is CCCCCCCCCCCCCC(=O)N[C@H](Cc1ccc(O)cc1)C(=O)O.[H-].[K+]. The number of aromatic hydroxyl groups is 1. The number of aliphatic carboxylic acids is 1. The molecule has 0 saturated heterocycles. The van der Waals surface area contributed by atoms with Crippen LogP contribution in [-0.2, 0) is 16.0 Å². The van der Waals surface area contributed by atoms with Crippen molar-refractivity contribution in [1.29, 1.82) is 0 Å². The van der Waals surface area contributed by atoms with Crippen molar-refractivity contribution in [2.45, 2.75) is 96.4 Å². The van der Waals surface area contributed by atoms with Gasteiger partial charge in [0.1, 0.15) is 11.8 Å². The van der Waals surface area contributed by atoms with E-state index in [2.05, 4.69) is 12.2 Å². The molecule has 5 nitrogen and oxygen atoms in total. The molecule has 0 aliphatic heterocycles. The van der Waals surface area contributed by atoms with Crippen molar-refractivity contribution >= 4 is 11.9 Å². The quantitative estimate of drug-likeness (QED) is 0.277. The monoisotopic (exact) mass is 431 g/mol. The summed E-state index contributed by atoms with van der Waals surface area (Å²) in [5.74, 6) is -1.11. The van der Waals surface area contributed by atoms with Gasteiger partial charge in [-0.25, -0.2) is 4.79 Å². The molecule has 0 spiro atoms. The van der Waals surface area contributed by atoms with E-state index in [1.807, 2.05) is 0 Å². The van der Waals surface area contributed by atoms with Crippen LogP contribution in [0.15, 0.2) is 24.3 Å². The fraction of sp³-hybridized carbons (Fsp3) is 0.652. The maximum absolute atomic E-state index is 12.0. The number of carbonyl (C=O) groups excluding carboxylic acids is 1. The number of carboxylic acids is 1. The second-order valence-corrected chi connectivity index (χ2v) is 7.61. The first-order valence-electron chi connectivity index (χ1n) is 10.8. The van der Waals surface area contributed by atoms with Crippen LogP contribution in [0.4, 0.5) is 0 Å². The van der Waals surface area contributed by atoms with Gasteiger partial charge in [-0.15, -0.1) is 0 Å². The first-order chi connectivity index (χ1) is 13.5. The number of amides is 1. The molecule has 0 aliphatic rings. The summed E-state index contributed by atoms with van der Waals surface area (Å²) in [6.07, 6.45) is 14.0. The summed E-state index contributed by atoms with van der Waals surface area (Å²) in [5, 5.41) is 21.2. The van der Waals surface area contributed by atoms with E-state index in [1.165, 1.54) is 63.5 Å². The largest absolute Gasteiger partial charge is 1.00 e. The Bertz CT molecular complexity index is 569. The average molecular weight is 432 g/mol. The zero-order chi connectivity index (χ0) is 20.6. The van der Waals surface area contributed by atoms with Crippen molar-refractivity contribution < 1.29 is 72.6 Å². The van der Waals surface area contributed by atoms with E-state index in [9.17, 15) is 19.8 Å². The van der Waals surface area contributed by atoms with Crippen LogP contribution in [0, 0.1) is 0 Å². The molecule has 0 heterocycles. The van der Waals surface area contributed by atoms with Gasteiger partial charge in [-0.05, 0) is 24.1 Å². The number of phenols is 1. The zero-order valence-corrected chi connectivity index (χ0v) is 21.4. The molecule has 1 amide bonds. The van der Waals surface area contributed by atoms with Gasteiger partial charge in [0.2, 0.25) is 5.91 Å². The summed E-state index contributed by atoms with van der Waals surface area (Å²) in [4.78, 5) is 23.4. The van der Waals surface area contributed by atoms with Gasteiger partial charge in [0.05, 0.1) is 0 Å². The topological polar surface area (TPSA) is 86.6 Å². The summed E-state index contributed by atoms with van der Waals surface area (Å²) in [6, 6.07) is 5.43. The number of benzene rings is 1. The van der Waals surface area contributed by atoms with Crippen LogP contribution >= 0.6 is 0 Å². The van der Waals surface area contributed by atoms with Crippen LogP contribution in [0.2, 0.25) is 0 Å². The van der Waals surface area contributed by atoms with Gasteiger partial charge in [0.15, 0.2) is 0 Å². The zero-order valence-electron chi connectivity index (χ0n) is 19.3. The molecule has 1 atom stereocenters. The number of hydrogen-bond acceptors (Lipinski definition) is 3. The Morgan fingerprint density at radius 2 is 1.38 bits per heavy atom. The molecule has 0 saturated carbocycles. The van der Waals surface area contributed by atoms with Crippen LogP contribution in [-0.4, -0.2) is 28.1 Å². The summed E-state index contributed by atoms with van der Waals surface area (Å²) in [5.41, 5.74) is 0.764. The second-order valence-electron chi connectivity index (χ2n) is 7.61. The van der Waals surface area contributed by atoms with E-state index in [-0.39, 0.29) is 70.9 Å². The van der Waals surface area contributed by atoms with Crippen LogP contribution in [0.1, 0.15) is 91.0 Å². The standard InChI is InChI=1S/C23H37NO4.K.H/c1-2-3-4-5-6-7-8-9-10-11-12-13-22(26)24-21(23(27)28)18-19-14-16-20(25)17-15-19;;/h14-17,21,25H,2-13,18H2,1H3,(H,24,26)(H,27,28);;/q;+1;-1/t21-;;/m1../s1. The fourth-order valence-corrected chi connectivity index (χ4v) is 3.28. The van der Waals surface area contributed by atoms with Crippen molar-refractivity contribution in [3.63, 3.8) is 0 Å². The third-order valence-corrected chi connectivity index (χ3v) is 5.02. The Balaban J connectivity index is 0. The molecular weight excluding hydrogens is 393 g/mol. The Kier molecular flexibility index (Phi) is 18.1. The molecule has 1 aromatic carbocycles. The van der Waals surface area contributed by atoms with Gasteiger partial charge in [-0.3, -0.25) is 4.79 Å². The smallest absolute Gasteiger partial charge is 1.00 e. The van der Waals surface area contributed by atoms with E-state index < -0.39 is 12.0 Å². The van der Waals surface area contributed by atoms with Gasteiger partial charge in [0.25, 0.3) is 0 Å². The van der Waals surface area contributed by atoms with Gasteiger partial charge < -0.3 is 17.0 Å². The summed E-state index contributed by atoms with van der Waals surface area (Å²) >= 11 is 0. The molecule has 0 aromatic heterocycles. The minimum atomic E-state index is -1.04. The van der Waals surface area contributed by atoms with Crippen LogP contribution in [0.3, 0.4) is 0 Å². The fourth-order valence-electron chi connectivity index (χ4n) is 3.28. The predicted molar refractivity (Wildman–Crippen MR) is 114 cm³/mol. The molecule has 1 rings (SSSR count). The molecule has 29 heavy (non-hydrogen) atoms. The van der Waals surface area contributed by atoms with Crippen molar-refractivity contribution in [1.82, 2.24) is 5.32 Å². The number of rotatable bonds is 16. The summed E-state index contributed by atoms with van der Waals surface area (Å²) in [7, 11) is 0. The molecule has 1 aromatic rings. The molecule has 0 aliphatic carbocycles. The van der Waals surface area contributed by atoms with E-state index in [0.29, 0.717) is 6.42 Å². The predicted octanol–water partition coefficient (Wildman–Crippen LogP) is 2.32. The maximum Gasteiger partial charge on any atom is 1.00 e. The number of nitrogens with one attached hydrogen (secondary N) is 1. The van der Waals surface area contributed by atoms with Crippen molar-refractivity contribution in [3.05, 3.63) is 29.8 Å². The van der Waals surface area contributed by atoms with E-state index in [4.69, 9.17) is 0 Å². The second kappa shape index (κ2) is 18.4. The average Bonchev–Trinajstić information content (AvgIpc) is 2.67. The van der Waals surface area contributed by atoms with Crippen molar-refractivity contribution in [2.24, 2.45) is 0 Å². The Labute approximate surface area is 220 Å². The molecule has 3 N–H and O–H groups in total. The van der Waals surface area contributed by atoms with E-state index in [1.54, 1.807) is 12.1 Å². The first-order valence-corrected chi connectivity index (χ1v) is 10.8. The third kappa shape index (κ3) is 15.1. The summed E-state index contributed by atoms with van der Waals surface area (Å²) < 4.78 is 0.